The minimum atomic E-state index is -0.587. The Bertz CT molecular complexity index is 438. The molecule has 1 N–H and O–H groups in total. The topological polar surface area (TPSA) is 46.5 Å². The second kappa shape index (κ2) is 5.36. The van der Waals surface area contributed by atoms with Crippen molar-refractivity contribution in [2.75, 3.05) is 0 Å². The molecule has 0 radical (unpaired) electrons. The van der Waals surface area contributed by atoms with E-state index in [1.807, 2.05) is 37.3 Å². The zero-order chi connectivity index (χ0) is 13.1. The zero-order valence-corrected chi connectivity index (χ0v) is 10.5. The van der Waals surface area contributed by atoms with Crippen LogP contribution in [0.15, 0.2) is 42.5 Å². The summed E-state index contributed by atoms with van der Waals surface area (Å²) in [5.41, 5.74) is 1.34. The number of hydrogen-bond acceptors (Lipinski definition) is 3. The van der Waals surface area contributed by atoms with E-state index in [1.54, 1.807) is 0 Å². The summed E-state index contributed by atoms with van der Waals surface area (Å²) in [5.74, 6) is -0.412. The first kappa shape index (κ1) is 12.8. The molecule has 2 rings (SSSR count). The molecule has 1 aliphatic rings. The van der Waals surface area contributed by atoms with Crippen LogP contribution in [0.4, 0.5) is 0 Å². The van der Waals surface area contributed by atoms with Crippen molar-refractivity contribution in [2.45, 2.75) is 32.0 Å². The van der Waals surface area contributed by atoms with Crippen LogP contribution in [-0.4, -0.2) is 17.2 Å². The van der Waals surface area contributed by atoms with Gasteiger partial charge in [-0.3, -0.25) is 0 Å². The number of ether oxygens (including phenoxy) is 1. The number of rotatable bonds is 4. The van der Waals surface area contributed by atoms with Crippen LogP contribution in [0.1, 0.15) is 31.4 Å². The lowest BCUT2D eigenvalue weighted by Crippen LogP contribution is -2.18. The van der Waals surface area contributed by atoms with Crippen LogP contribution in [0.5, 0.6) is 0 Å². The van der Waals surface area contributed by atoms with Crippen molar-refractivity contribution < 1.29 is 14.6 Å². The highest BCUT2D eigenvalue weighted by Crippen LogP contribution is 2.35. The molecule has 1 fully saturated rings. The molecule has 1 heterocycles. The third kappa shape index (κ3) is 2.46. The number of cyclic esters (lactones) is 1. The Kier molecular flexibility index (Phi) is 3.82. The van der Waals surface area contributed by atoms with E-state index in [-0.39, 0.29) is 18.0 Å². The summed E-state index contributed by atoms with van der Waals surface area (Å²) in [5, 5.41) is 10.2. The third-order valence-electron chi connectivity index (χ3n) is 3.48. The van der Waals surface area contributed by atoms with Crippen molar-refractivity contribution in [2.24, 2.45) is 5.92 Å². The number of hydrogen-bond donors (Lipinski definition) is 1. The van der Waals surface area contributed by atoms with E-state index in [0.29, 0.717) is 12.0 Å². The summed E-state index contributed by atoms with van der Waals surface area (Å²) in [4.78, 5) is 11.5. The molecule has 3 atom stereocenters. The van der Waals surface area contributed by atoms with Gasteiger partial charge in [0.1, 0.15) is 6.10 Å². The summed E-state index contributed by atoms with van der Waals surface area (Å²) < 4.78 is 5.22. The van der Waals surface area contributed by atoms with Gasteiger partial charge in [0.25, 0.3) is 0 Å². The van der Waals surface area contributed by atoms with E-state index in [0.717, 1.165) is 12.0 Å². The zero-order valence-electron chi connectivity index (χ0n) is 10.5. The SMILES string of the molecule is C=C1C(=O)O[C@H](CC)[C@H]1C[C@H](O)c1ccccc1. The molecule has 3 heteroatoms. The minimum absolute atomic E-state index is 0.0855. The molecule has 1 aliphatic heterocycles. The van der Waals surface area contributed by atoms with Crippen molar-refractivity contribution in [3.8, 4) is 0 Å². The predicted molar refractivity (Wildman–Crippen MR) is 68.8 cm³/mol. The van der Waals surface area contributed by atoms with Gasteiger partial charge in [-0.1, -0.05) is 43.8 Å². The number of carbonyl (C=O) groups excluding carboxylic acids is 1. The highest BCUT2D eigenvalue weighted by atomic mass is 16.6. The molecule has 1 aromatic carbocycles. The van der Waals surface area contributed by atoms with E-state index in [9.17, 15) is 9.90 Å². The number of benzene rings is 1. The van der Waals surface area contributed by atoms with E-state index in [4.69, 9.17) is 4.74 Å². The summed E-state index contributed by atoms with van der Waals surface area (Å²) in [7, 11) is 0. The number of carbonyl (C=O) groups is 1. The summed E-state index contributed by atoms with van der Waals surface area (Å²) >= 11 is 0. The molecule has 0 aliphatic carbocycles. The van der Waals surface area contributed by atoms with Gasteiger partial charge in [0.2, 0.25) is 0 Å². The maximum Gasteiger partial charge on any atom is 0.334 e. The summed E-state index contributed by atoms with van der Waals surface area (Å²) in [6.07, 6.45) is 0.490. The van der Waals surface area contributed by atoms with Crippen molar-refractivity contribution in [1.29, 1.82) is 0 Å². The van der Waals surface area contributed by atoms with Crippen LogP contribution in [-0.2, 0) is 9.53 Å². The van der Waals surface area contributed by atoms with Gasteiger partial charge in [-0.25, -0.2) is 4.79 Å². The lowest BCUT2D eigenvalue weighted by molar-refractivity contribution is -0.139. The Balaban J connectivity index is 2.09. The largest absolute Gasteiger partial charge is 0.458 e. The predicted octanol–water partition coefficient (Wildman–Crippen LogP) is 2.62. The fraction of sp³-hybridized carbons (Fsp3) is 0.400. The molecule has 3 nitrogen and oxygen atoms in total. The Labute approximate surface area is 107 Å². The standard InChI is InChI=1S/C15H18O3/c1-3-14-12(10(2)15(17)18-14)9-13(16)11-7-5-4-6-8-11/h4-8,12-14,16H,2-3,9H2,1H3/t12-,13-,14+/m0/s1. The first-order valence-electron chi connectivity index (χ1n) is 6.26. The molecule has 0 spiro atoms. The quantitative estimate of drug-likeness (QED) is 0.656. The van der Waals surface area contributed by atoms with Crippen molar-refractivity contribution >= 4 is 5.97 Å². The first-order valence-corrected chi connectivity index (χ1v) is 6.26. The van der Waals surface area contributed by atoms with E-state index < -0.39 is 6.10 Å². The van der Waals surface area contributed by atoms with Crippen LogP contribution < -0.4 is 0 Å². The molecule has 1 saturated heterocycles. The lowest BCUT2D eigenvalue weighted by atomic mass is 9.88. The fourth-order valence-electron chi connectivity index (χ4n) is 2.38. The maximum atomic E-state index is 11.5. The van der Waals surface area contributed by atoms with Gasteiger partial charge >= 0.3 is 5.97 Å². The van der Waals surface area contributed by atoms with Crippen LogP contribution in [0.25, 0.3) is 0 Å². The normalized spacial score (nSPS) is 25.0. The summed E-state index contributed by atoms with van der Waals surface area (Å²) in [6.45, 7) is 5.75. The highest BCUT2D eigenvalue weighted by Gasteiger charge is 2.38. The number of aliphatic hydroxyl groups excluding tert-OH is 1. The molecule has 0 unspecified atom stereocenters. The van der Waals surface area contributed by atoms with Crippen LogP contribution >= 0.6 is 0 Å². The average molecular weight is 246 g/mol. The minimum Gasteiger partial charge on any atom is -0.458 e. The second-order valence-corrected chi connectivity index (χ2v) is 4.65. The van der Waals surface area contributed by atoms with Crippen LogP contribution in [0, 0.1) is 5.92 Å². The van der Waals surface area contributed by atoms with Gasteiger partial charge in [-0.15, -0.1) is 0 Å². The molecule has 0 saturated carbocycles. The van der Waals surface area contributed by atoms with Gasteiger partial charge in [-0.2, -0.15) is 0 Å². The molecular weight excluding hydrogens is 228 g/mol. The molecule has 0 aromatic heterocycles. The van der Waals surface area contributed by atoms with Crippen LogP contribution in [0.3, 0.4) is 0 Å². The number of esters is 1. The smallest absolute Gasteiger partial charge is 0.334 e. The first-order chi connectivity index (χ1) is 8.63. The Morgan fingerprint density at radius 2 is 2.06 bits per heavy atom. The van der Waals surface area contributed by atoms with Gasteiger partial charge in [-0.05, 0) is 18.4 Å². The molecular formula is C15H18O3. The Hall–Kier alpha value is -1.61. The second-order valence-electron chi connectivity index (χ2n) is 4.65. The summed E-state index contributed by atoms with van der Waals surface area (Å²) in [6, 6.07) is 9.45. The number of aliphatic hydroxyl groups is 1. The van der Waals surface area contributed by atoms with Gasteiger partial charge in [0, 0.05) is 11.5 Å². The van der Waals surface area contributed by atoms with E-state index in [2.05, 4.69) is 6.58 Å². The fourth-order valence-corrected chi connectivity index (χ4v) is 2.38. The van der Waals surface area contributed by atoms with Gasteiger partial charge < -0.3 is 9.84 Å². The lowest BCUT2D eigenvalue weighted by Gasteiger charge is -2.19. The molecule has 0 amide bonds. The van der Waals surface area contributed by atoms with Crippen molar-refractivity contribution in [1.82, 2.24) is 0 Å². The Morgan fingerprint density at radius 3 is 2.67 bits per heavy atom. The van der Waals surface area contributed by atoms with E-state index >= 15 is 0 Å². The van der Waals surface area contributed by atoms with Gasteiger partial charge in [0.15, 0.2) is 0 Å². The highest BCUT2D eigenvalue weighted by molar-refractivity contribution is 5.90. The van der Waals surface area contributed by atoms with E-state index in [1.165, 1.54) is 0 Å². The molecule has 96 valence electrons. The maximum absolute atomic E-state index is 11.5. The van der Waals surface area contributed by atoms with Crippen molar-refractivity contribution in [3.05, 3.63) is 48.0 Å². The third-order valence-corrected chi connectivity index (χ3v) is 3.48. The van der Waals surface area contributed by atoms with Crippen molar-refractivity contribution in [3.63, 3.8) is 0 Å². The average Bonchev–Trinajstić information content (AvgIpc) is 2.67. The van der Waals surface area contributed by atoms with Crippen LogP contribution in [0.2, 0.25) is 0 Å². The van der Waals surface area contributed by atoms with Gasteiger partial charge in [0.05, 0.1) is 6.10 Å². The molecule has 0 bridgehead atoms. The molecule has 1 aromatic rings. The monoisotopic (exact) mass is 246 g/mol. The molecule has 18 heavy (non-hydrogen) atoms. The Morgan fingerprint density at radius 1 is 1.39 bits per heavy atom.